The number of likely N-dealkylation sites (N-methyl/N-ethyl adjacent to an activating group) is 1. The highest BCUT2D eigenvalue weighted by Gasteiger charge is 2.31. The predicted molar refractivity (Wildman–Crippen MR) is 98.0 cm³/mol. The zero-order valence-electron chi connectivity index (χ0n) is 14.5. The molecule has 0 saturated carbocycles. The summed E-state index contributed by atoms with van der Waals surface area (Å²) in [4.78, 5) is 26.3. The minimum absolute atomic E-state index is 0.0533. The van der Waals surface area contributed by atoms with E-state index in [0.29, 0.717) is 23.8 Å². The second-order valence-corrected chi connectivity index (χ2v) is 6.96. The van der Waals surface area contributed by atoms with Crippen LogP contribution in [0.25, 0.3) is 0 Å². The van der Waals surface area contributed by atoms with Gasteiger partial charge in [-0.15, -0.1) is 0 Å². The van der Waals surface area contributed by atoms with Gasteiger partial charge in [0.25, 0.3) is 0 Å². The van der Waals surface area contributed by atoms with Crippen molar-refractivity contribution in [2.24, 2.45) is 0 Å². The summed E-state index contributed by atoms with van der Waals surface area (Å²) in [5, 5.41) is 0. The molecule has 6 heteroatoms. The fraction of sp³-hybridized carbons (Fsp3) is 0.421. The Kier molecular flexibility index (Phi) is 4.13. The Bertz CT molecular complexity index is 784. The normalized spacial score (nSPS) is 21.2. The van der Waals surface area contributed by atoms with Gasteiger partial charge in [-0.05, 0) is 24.9 Å². The fourth-order valence-electron chi connectivity index (χ4n) is 3.70. The van der Waals surface area contributed by atoms with Crippen LogP contribution in [0.5, 0.6) is 0 Å². The quantitative estimate of drug-likeness (QED) is 0.899. The lowest BCUT2D eigenvalue weighted by Gasteiger charge is -2.33. The summed E-state index contributed by atoms with van der Waals surface area (Å²) in [6.45, 7) is 3.72. The van der Waals surface area contributed by atoms with E-state index in [4.69, 9.17) is 10.7 Å². The van der Waals surface area contributed by atoms with Crippen LogP contribution >= 0.6 is 0 Å². The molecule has 1 aromatic heterocycles. The molecule has 2 aliphatic rings. The van der Waals surface area contributed by atoms with Crippen LogP contribution in [-0.4, -0.2) is 53.9 Å². The van der Waals surface area contributed by atoms with Gasteiger partial charge in [0, 0.05) is 32.6 Å². The number of nitrogen functional groups attached to an aromatic ring is 1. The molecular formula is C19H23N5O. The zero-order chi connectivity index (χ0) is 17.4. The Morgan fingerprint density at radius 2 is 1.76 bits per heavy atom. The summed E-state index contributed by atoms with van der Waals surface area (Å²) >= 11 is 0. The molecule has 2 heterocycles. The van der Waals surface area contributed by atoms with E-state index < -0.39 is 0 Å². The highest BCUT2D eigenvalue weighted by atomic mass is 16.1. The average Bonchev–Trinajstić information content (AvgIpc) is 2.62. The third kappa shape index (κ3) is 3.09. The molecule has 0 bridgehead atoms. The van der Waals surface area contributed by atoms with Gasteiger partial charge in [0.15, 0.2) is 5.78 Å². The number of nitrogens with zero attached hydrogens (tertiary/aromatic N) is 4. The molecule has 1 aliphatic heterocycles. The van der Waals surface area contributed by atoms with Crippen molar-refractivity contribution >= 4 is 17.5 Å². The molecule has 1 aliphatic carbocycles. The largest absolute Gasteiger partial charge is 0.383 e. The first-order valence-corrected chi connectivity index (χ1v) is 8.80. The maximum absolute atomic E-state index is 12.6. The highest BCUT2D eigenvalue weighted by molar-refractivity contribution is 6.02. The third-order valence-electron chi connectivity index (χ3n) is 5.21. The molecule has 25 heavy (non-hydrogen) atoms. The standard InChI is InChI=1S/C19H23N5O/c1-23-7-9-24(10-8-23)19-21-15-11-14(13-5-3-2-4-6-13)12-16(25)17(15)18(20)22-19/h2-6,14H,7-12H2,1H3,(H2,20,21,22). The molecular weight excluding hydrogens is 314 g/mol. The highest BCUT2D eigenvalue weighted by Crippen LogP contribution is 2.34. The van der Waals surface area contributed by atoms with Crippen LogP contribution in [-0.2, 0) is 6.42 Å². The van der Waals surface area contributed by atoms with Crippen molar-refractivity contribution in [3.8, 4) is 0 Å². The molecule has 1 saturated heterocycles. The minimum atomic E-state index is 0.0533. The predicted octanol–water partition coefficient (Wildman–Crippen LogP) is 1.72. The molecule has 6 nitrogen and oxygen atoms in total. The number of carbonyl (C=O) groups excluding carboxylic acids is 1. The van der Waals surface area contributed by atoms with Gasteiger partial charge in [-0.3, -0.25) is 4.79 Å². The van der Waals surface area contributed by atoms with Gasteiger partial charge in [-0.2, -0.15) is 4.98 Å². The van der Waals surface area contributed by atoms with Crippen LogP contribution in [0.4, 0.5) is 11.8 Å². The number of ketones is 1. The monoisotopic (exact) mass is 337 g/mol. The molecule has 4 rings (SSSR count). The Labute approximate surface area is 147 Å². The van der Waals surface area contributed by atoms with Gasteiger partial charge in [0.2, 0.25) is 5.95 Å². The number of nitrogens with two attached hydrogens (primary N) is 1. The first kappa shape index (κ1) is 16.0. The van der Waals surface area contributed by atoms with Crippen molar-refractivity contribution in [3.63, 3.8) is 0 Å². The van der Waals surface area contributed by atoms with E-state index in [1.807, 2.05) is 18.2 Å². The number of anilines is 2. The van der Waals surface area contributed by atoms with Gasteiger partial charge >= 0.3 is 0 Å². The summed E-state index contributed by atoms with van der Waals surface area (Å²) in [6, 6.07) is 10.2. The molecule has 1 aromatic carbocycles. The van der Waals surface area contributed by atoms with E-state index in [0.717, 1.165) is 38.3 Å². The average molecular weight is 337 g/mol. The first-order chi connectivity index (χ1) is 12.1. The number of hydrogen-bond donors (Lipinski definition) is 1. The van der Waals surface area contributed by atoms with E-state index in [1.165, 1.54) is 5.56 Å². The Balaban J connectivity index is 1.66. The van der Waals surface area contributed by atoms with Gasteiger partial charge in [0.05, 0.1) is 11.3 Å². The van der Waals surface area contributed by atoms with Crippen molar-refractivity contribution in [1.29, 1.82) is 0 Å². The second kappa shape index (κ2) is 6.44. The Morgan fingerprint density at radius 1 is 1.04 bits per heavy atom. The zero-order valence-corrected chi connectivity index (χ0v) is 14.5. The second-order valence-electron chi connectivity index (χ2n) is 6.96. The maximum atomic E-state index is 12.6. The number of carbonyl (C=O) groups is 1. The molecule has 0 radical (unpaired) electrons. The molecule has 2 N–H and O–H groups in total. The number of Topliss-reactive ketones (excluding diaryl/α,β-unsaturated/α-hetero) is 1. The molecule has 1 fully saturated rings. The topological polar surface area (TPSA) is 75.3 Å². The van der Waals surface area contributed by atoms with Crippen molar-refractivity contribution in [2.45, 2.75) is 18.8 Å². The lowest BCUT2D eigenvalue weighted by Crippen LogP contribution is -2.45. The van der Waals surface area contributed by atoms with E-state index in [2.05, 4.69) is 34.0 Å². The number of aromatic nitrogens is 2. The van der Waals surface area contributed by atoms with Crippen LogP contribution in [0.2, 0.25) is 0 Å². The van der Waals surface area contributed by atoms with Crippen molar-refractivity contribution in [3.05, 3.63) is 47.2 Å². The number of hydrogen-bond acceptors (Lipinski definition) is 6. The number of piperazine rings is 1. The molecule has 130 valence electrons. The Hall–Kier alpha value is -2.47. The third-order valence-corrected chi connectivity index (χ3v) is 5.21. The molecule has 0 spiro atoms. The van der Waals surface area contributed by atoms with Gasteiger partial charge in [0.1, 0.15) is 5.82 Å². The summed E-state index contributed by atoms with van der Waals surface area (Å²) < 4.78 is 0. The smallest absolute Gasteiger partial charge is 0.227 e. The lowest BCUT2D eigenvalue weighted by molar-refractivity contribution is 0.0964. The lowest BCUT2D eigenvalue weighted by atomic mass is 9.82. The summed E-state index contributed by atoms with van der Waals surface area (Å²) in [5.41, 5.74) is 8.65. The van der Waals surface area contributed by atoms with Crippen molar-refractivity contribution < 1.29 is 4.79 Å². The van der Waals surface area contributed by atoms with Crippen molar-refractivity contribution in [2.75, 3.05) is 43.9 Å². The maximum Gasteiger partial charge on any atom is 0.227 e. The minimum Gasteiger partial charge on any atom is -0.383 e. The van der Waals surface area contributed by atoms with Gasteiger partial charge in [-0.1, -0.05) is 30.3 Å². The Morgan fingerprint density at radius 3 is 2.48 bits per heavy atom. The summed E-state index contributed by atoms with van der Waals surface area (Å²) in [5.74, 6) is 1.20. The number of rotatable bonds is 2. The number of benzene rings is 1. The first-order valence-electron chi connectivity index (χ1n) is 8.80. The van der Waals surface area contributed by atoms with E-state index >= 15 is 0 Å². The molecule has 1 atom stereocenters. The van der Waals surface area contributed by atoms with E-state index in [9.17, 15) is 4.79 Å². The summed E-state index contributed by atoms with van der Waals surface area (Å²) in [6.07, 6.45) is 1.21. The van der Waals surface area contributed by atoms with Crippen LogP contribution < -0.4 is 10.6 Å². The SMILES string of the molecule is CN1CCN(c2nc(N)c3c(n2)CC(c2ccccc2)CC3=O)CC1. The van der Waals surface area contributed by atoms with Crippen LogP contribution in [0.15, 0.2) is 30.3 Å². The summed E-state index contributed by atoms with van der Waals surface area (Å²) in [7, 11) is 2.11. The van der Waals surface area contributed by atoms with Crippen LogP contribution in [0, 0.1) is 0 Å². The van der Waals surface area contributed by atoms with Crippen LogP contribution in [0.1, 0.15) is 34.0 Å². The molecule has 1 unspecified atom stereocenters. The number of fused-ring (bicyclic) bond motifs is 1. The van der Waals surface area contributed by atoms with E-state index in [1.54, 1.807) is 0 Å². The van der Waals surface area contributed by atoms with Crippen molar-refractivity contribution in [1.82, 2.24) is 14.9 Å². The fourth-order valence-corrected chi connectivity index (χ4v) is 3.70. The molecule has 2 aromatic rings. The van der Waals surface area contributed by atoms with Gasteiger partial charge < -0.3 is 15.5 Å². The van der Waals surface area contributed by atoms with Crippen LogP contribution in [0.3, 0.4) is 0 Å². The van der Waals surface area contributed by atoms with E-state index in [-0.39, 0.29) is 11.7 Å². The molecule has 0 amide bonds. The van der Waals surface area contributed by atoms with Gasteiger partial charge in [-0.25, -0.2) is 4.98 Å².